The average Bonchev–Trinajstić information content (AvgIpc) is 4.04. The van der Waals surface area contributed by atoms with Gasteiger partial charge in [-0.1, -0.05) is 158 Å². The summed E-state index contributed by atoms with van der Waals surface area (Å²) in [6, 6.07) is 84.2. The molecule has 310 valence electrons. The molecule has 3 aromatic heterocycles. The summed E-state index contributed by atoms with van der Waals surface area (Å²) in [6.07, 6.45) is 0. The maximum atomic E-state index is 9.86. The van der Waals surface area contributed by atoms with Crippen LogP contribution in [0.2, 0.25) is 0 Å². The van der Waals surface area contributed by atoms with Crippen molar-refractivity contribution >= 4 is 65.4 Å². The molecule has 0 saturated carbocycles. The van der Waals surface area contributed by atoms with Gasteiger partial charge in [-0.05, 0) is 89.0 Å². The van der Waals surface area contributed by atoms with E-state index in [2.05, 4.69) is 232 Å². The number of rotatable bonds is 6. The lowest BCUT2D eigenvalue weighted by Crippen LogP contribution is -2.02. The molecule has 0 saturated heterocycles. The second kappa shape index (κ2) is 15.1. The summed E-state index contributed by atoms with van der Waals surface area (Å²) in [4.78, 5) is 0. The molecule has 10 aromatic carbocycles. The van der Waals surface area contributed by atoms with Gasteiger partial charge in [-0.2, -0.15) is 10.5 Å². The first kappa shape index (κ1) is 38.1. The van der Waals surface area contributed by atoms with Crippen molar-refractivity contribution in [2.24, 2.45) is 0 Å². The molecule has 0 N–H and O–H groups in total. The number of benzene rings is 10. The van der Waals surface area contributed by atoms with E-state index in [4.69, 9.17) is 0 Å². The summed E-state index contributed by atoms with van der Waals surface area (Å²) in [5.74, 6) is 0. The average molecular weight is 852 g/mol. The highest BCUT2D eigenvalue weighted by molar-refractivity contribution is 6.17. The van der Waals surface area contributed by atoms with Gasteiger partial charge in [0, 0.05) is 43.4 Å². The van der Waals surface area contributed by atoms with E-state index in [-0.39, 0.29) is 0 Å². The monoisotopic (exact) mass is 851 g/mol. The van der Waals surface area contributed by atoms with Gasteiger partial charge < -0.3 is 13.7 Å². The van der Waals surface area contributed by atoms with Gasteiger partial charge >= 0.3 is 0 Å². The SMILES string of the molecule is N#Cc1ccc(-c2ccc(-c3c(-c4ccccc4-n4c5ccccc5c5c(-n6c7ccccc7c7ccccc76)cccc54)cccc3-n3c4ccccc4c4ccccc43)cc2)cc1C#N. The van der Waals surface area contributed by atoms with Crippen LogP contribution in [0.15, 0.2) is 224 Å². The van der Waals surface area contributed by atoms with Crippen molar-refractivity contribution in [3.8, 4) is 62.6 Å². The van der Waals surface area contributed by atoms with Crippen molar-refractivity contribution in [1.29, 1.82) is 10.5 Å². The molecular weight excluding hydrogens is 815 g/mol. The number of nitrogens with zero attached hydrogens (tertiary/aromatic N) is 5. The minimum absolute atomic E-state index is 0.368. The molecule has 3 heterocycles. The van der Waals surface area contributed by atoms with Gasteiger partial charge in [-0.25, -0.2) is 0 Å². The van der Waals surface area contributed by atoms with Crippen LogP contribution in [0.4, 0.5) is 0 Å². The van der Waals surface area contributed by atoms with Crippen LogP contribution < -0.4 is 0 Å². The highest BCUT2D eigenvalue weighted by Gasteiger charge is 2.24. The normalized spacial score (nSPS) is 11.6. The quantitative estimate of drug-likeness (QED) is 0.167. The predicted molar refractivity (Wildman–Crippen MR) is 275 cm³/mol. The third-order valence-corrected chi connectivity index (χ3v) is 13.6. The Morgan fingerprint density at radius 2 is 0.687 bits per heavy atom. The van der Waals surface area contributed by atoms with Gasteiger partial charge in [0.25, 0.3) is 0 Å². The van der Waals surface area contributed by atoms with Crippen LogP contribution in [0.25, 0.3) is 116 Å². The molecule has 0 atom stereocenters. The van der Waals surface area contributed by atoms with Crippen LogP contribution in [0, 0.1) is 22.7 Å². The first-order valence-electron chi connectivity index (χ1n) is 22.5. The van der Waals surface area contributed by atoms with E-state index in [0.717, 1.165) is 72.5 Å². The van der Waals surface area contributed by atoms with Crippen molar-refractivity contribution in [2.75, 3.05) is 0 Å². The minimum atomic E-state index is 0.368. The maximum absolute atomic E-state index is 9.86. The Kier molecular flexibility index (Phi) is 8.58. The van der Waals surface area contributed by atoms with Gasteiger partial charge in [0.2, 0.25) is 0 Å². The Balaban J connectivity index is 1.08. The minimum Gasteiger partial charge on any atom is -0.309 e. The number of fused-ring (bicyclic) bond motifs is 9. The zero-order valence-corrected chi connectivity index (χ0v) is 36.1. The lowest BCUT2D eigenvalue weighted by molar-refractivity contribution is 1.16. The Bertz CT molecular complexity index is 4130. The van der Waals surface area contributed by atoms with Crippen LogP contribution in [0.1, 0.15) is 11.1 Å². The molecule has 67 heavy (non-hydrogen) atoms. The second-order valence-electron chi connectivity index (χ2n) is 17.0. The topological polar surface area (TPSA) is 62.4 Å². The number of hydrogen-bond donors (Lipinski definition) is 0. The van der Waals surface area contributed by atoms with E-state index in [1.807, 2.05) is 6.07 Å². The van der Waals surface area contributed by atoms with Gasteiger partial charge in [-0.15, -0.1) is 0 Å². The van der Waals surface area contributed by atoms with E-state index >= 15 is 0 Å². The van der Waals surface area contributed by atoms with Crippen molar-refractivity contribution < 1.29 is 0 Å². The molecule has 0 radical (unpaired) electrons. The number of nitriles is 2. The van der Waals surface area contributed by atoms with E-state index in [0.29, 0.717) is 11.1 Å². The standard InChI is InChI=1S/C62H37N5/c63-38-43-36-35-42(37-44(43)39-64)40-31-33-41(34-32-40)61-50(21-13-28-58(61)65-52-22-7-1-15-45(52)46-16-2-8-23-53(46)65)49-19-5-11-26-56(49)67-57-27-12-6-20-51(57)62-59(29-14-30-60(62)67)66-54-24-9-3-17-47(54)48-18-4-10-25-55(48)66/h1-37H. The summed E-state index contributed by atoms with van der Waals surface area (Å²) >= 11 is 0. The molecule has 0 aliphatic heterocycles. The summed E-state index contributed by atoms with van der Waals surface area (Å²) in [5.41, 5.74) is 17.1. The molecule has 0 fully saturated rings. The smallest absolute Gasteiger partial charge is 0.101 e. The highest BCUT2D eigenvalue weighted by atomic mass is 15.0. The molecular formula is C62H37N5. The fraction of sp³-hybridized carbons (Fsp3) is 0. The van der Waals surface area contributed by atoms with E-state index in [1.54, 1.807) is 12.1 Å². The Morgan fingerprint density at radius 3 is 1.28 bits per heavy atom. The molecule has 0 aliphatic rings. The highest BCUT2D eigenvalue weighted by Crippen LogP contribution is 2.46. The number of para-hydroxylation sites is 6. The molecule has 0 amide bonds. The number of hydrogen-bond acceptors (Lipinski definition) is 2. The van der Waals surface area contributed by atoms with Crippen LogP contribution in [-0.4, -0.2) is 13.7 Å². The first-order valence-corrected chi connectivity index (χ1v) is 22.5. The third-order valence-electron chi connectivity index (χ3n) is 13.6. The van der Waals surface area contributed by atoms with Crippen molar-refractivity contribution in [3.05, 3.63) is 236 Å². The molecule has 5 nitrogen and oxygen atoms in total. The van der Waals surface area contributed by atoms with Crippen LogP contribution >= 0.6 is 0 Å². The first-order chi connectivity index (χ1) is 33.2. The van der Waals surface area contributed by atoms with Crippen LogP contribution in [-0.2, 0) is 0 Å². The van der Waals surface area contributed by atoms with Crippen molar-refractivity contribution in [1.82, 2.24) is 13.7 Å². The molecule has 5 heteroatoms. The van der Waals surface area contributed by atoms with E-state index in [9.17, 15) is 10.5 Å². The largest absolute Gasteiger partial charge is 0.309 e. The molecule has 0 spiro atoms. The Labute approximate surface area is 386 Å². The lowest BCUT2D eigenvalue weighted by atomic mass is 9.90. The maximum Gasteiger partial charge on any atom is 0.101 e. The van der Waals surface area contributed by atoms with Crippen LogP contribution in [0.3, 0.4) is 0 Å². The van der Waals surface area contributed by atoms with Gasteiger partial charge in [0.15, 0.2) is 0 Å². The Hall–Kier alpha value is -9.42. The number of aromatic nitrogens is 3. The van der Waals surface area contributed by atoms with Crippen molar-refractivity contribution in [3.63, 3.8) is 0 Å². The predicted octanol–water partition coefficient (Wildman–Crippen LogP) is 15.7. The third kappa shape index (κ3) is 5.73. The van der Waals surface area contributed by atoms with Gasteiger partial charge in [-0.3, -0.25) is 0 Å². The summed E-state index contributed by atoms with van der Waals surface area (Å²) < 4.78 is 7.30. The molecule has 13 rings (SSSR count). The van der Waals surface area contributed by atoms with Crippen molar-refractivity contribution in [2.45, 2.75) is 0 Å². The van der Waals surface area contributed by atoms with Gasteiger partial charge in [0.05, 0.1) is 61.3 Å². The summed E-state index contributed by atoms with van der Waals surface area (Å²) in [7, 11) is 0. The summed E-state index contributed by atoms with van der Waals surface area (Å²) in [6.45, 7) is 0. The molecule has 0 aliphatic carbocycles. The fourth-order valence-corrected chi connectivity index (χ4v) is 10.7. The molecule has 0 unspecified atom stereocenters. The zero-order valence-electron chi connectivity index (χ0n) is 36.1. The zero-order chi connectivity index (χ0) is 44.6. The van der Waals surface area contributed by atoms with E-state index in [1.165, 1.54) is 43.4 Å². The van der Waals surface area contributed by atoms with Gasteiger partial charge in [0.1, 0.15) is 12.1 Å². The molecule has 0 bridgehead atoms. The van der Waals surface area contributed by atoms with E-state index < -0.39 is 0 Å². The lowest BCUT2D eigenvalue weighted by Gasteiger charge is -2.21. The van der Waals surface area contributed by atoms with Crippen LogP contribution in [0.5, 0.6) is 0 Å². The second-order valence-corrected chi connectivity index (χ2v) is 17.0. The summed E-state index contributed by atoms with van der Waals surface area (Å²) in [5, 5.41) is 26.7. The Morgan fingerprint density at radius 1 is 0.284 bits per heavy atom. The fourth-order valence-electron chi connectivity index (χ4n) is 10.7. The molecule has 13 aromatic rings.